The van der Waals surface area contributed by atoms with E-state index >= 15 is 0 Å². The van der Waals surface area contributed by atoms with Gasteiger partial charge in [0.2, 0.25) is 0 Å². The van der Waals surface area contributed by atoms with Crippen molar-refractivity contribution in [1.29, 1.82) is 0 Å². The van der Waals surface area contributed by atoms with Gasteiger partial charge in [-0.05, 0) is 49.2 Å². The zero-order valence-corrected chi connectivity index (χ0v) is 12.3. The minimum absolute atomic E-state index is 0.537. The Morgan fingerprint density at radius 3 is 2.48 bits per heavy atom. The van der Waals surface area contributed by atoms with Gasteiger partial charge in [-0.25, -0.2) is 10.8 Å². The second kappa shape index (κ2) is 8.34. The third kappa shape index (κ3) is 5.13. The lowest BCUT2D eigenvalue weighted by molar-refractivity contribution is 0.266. The number of hydrogen-bond acceptors (Lipinski definition) is 5. The van der Waals surface area contributed by atoms with Crippen LogP contribution in [0.25, 0.3) is 0 Å². The SMILES string of the molecule is NNc1ncccc1OCCCCOc1ccc(Cl)cc1. The summed E-state index contributed by atoms with van der Waals surface area (Å²) in [6, 6.07) is 11.0. The first-order valence-electron chi connectivity index (χ1n) is 6.72. The number of benzene rings is 1. The molecule has 3 N–H and O–H groups in total. The molecule has 5 nitrogen and oxygen atoms in total. The van der Waals surface area contributed by atoms with Crippen molar-refractivity contribution in [3.8, 4) is 11.5 Å². The molecule has 0 spiro atoms. The molecule has 112 valence electrons. The first kappa shape index (κ1) is 15.4. The molecule has 2 rings (SSSR count). The molecule has 0 amide bonds. The van der Waals surface area contributed by atoms with E-state index in [-0.39, 0.29) is 0 Å². The van der Waals surface area contributed by atoms with Crippen molar-refractivity contribution in [2.45, 2.75) is 12.8 Å². The molecule has 0 bridgehead atoms. The van der Waals surface area contributed by atoms with Crippen LogP contribution in [-0.2, 0) is 0 Å². The first-order valence-corrected chi connectivity index (χ1v) is 7.10. The second-order valence-corrected chi connectivity index (χ2v) is 4.79. The Morgan fingerprint density at radius 1 is 1.05 bits per heavy atom. The summed E-state index contributed by atoms with van der Waals surface area (Å²) in [4.78, 5) is 4.06. The molecular weight excluding hydrogens is 290 g/mol. The van der Waals surface area contributed by atoms with Crippen LogP contribution in [0.3, 0.4) is 0 Å². The number of unbranched alkanes of at least 4 members (excludes halogenated alkanes) is 1. The molecule has 1 aromatic heterocycles. The fourth-order valence-corrected chi connectivity index (χ4v) is 1.85. The number of pyridine rings is 1. The monoisotopic (exact) mass is 307 g/mol. The van der Waals surface area contributed by atoms with Crippen LogP contribution in [0.1, 0.15) is 12.8 Å². The van der Waals surface area contributed by atoms with Gasteiger partial charge in [-0.2, -0.15) is 0 Å². The van der Waals surface area contributed by atoms with Crippen molar-refractivity contribution in [3.05, 3.63) is 47.6 Å². The molecule has 0 atom stereocenters. The van der Waals surface area contributed by atoms with E-state index in [0.29, 0.717) is 29.8 Å². The molecular formula is C15H18ClN3O2. The average molecular weight is 308 g/mol. The lowest BCUT2D eigenvalue weighted by Gasteiger charge is -2.10. The maximum absolute atomic E-state index is 5.81. The molecule has 0 saturated heterocycles. The number of nitrogens with two attached hydrogens (primary N) is 1. The molecule has 0 unspecified atom stereocenters. The number of ether oxygens (including phenoxy) is 2. The largest absolute Gasteiger partial charge is 0.494 e. The third-order valence-corrected chi connectivity index (χ3v) is 3.04. The second-order valence-electron chi connectivity index (χ2n) is 4.35. The standard InChI is InChI=1S/C15H18ClN3O2/c16-12-5-7-13(8-6-12)20-10-1-2-11-21-14-4-3-9-18-15(14)19-17/h3-9H,1-2,10-11,17H2,(H,18,19). The maximum atomic E-state index is 5.81. The number of nitrogens with zero attached hydrogens (tertiary/aromatic N) is 1. The maximum Gasteiger partial charge on any atom is 0.182 e. The number of halogens is 1. The van der Waals surface area contributed by atoms with Gasteiger partial charge in [-0.15, -0.1) is 0 Å². The molecule has 21 heavy (non-hydrogen) atoms. The Hall–Kier alpha value is -1.98. The minimum atomic E-state index is 0.537. The number of nitrogens with one attached hydrogen (secondary N) is 1. The predicted octanol–water partition coefficient (Wildman–Crippen LogP) is 3.26. The van der Waals surface area contributed by atoms with Crippen molar-refractivity contribution in [2.24, 2.45) is 5.84 Å². The molecule has 0 fully saturated rings. The van der Waals surface area contributed by atoms with Crippen LogP contribution >= 0.6 is 11.6 Å². The Kier molecular flexibility index (Phi) is 6.12. The summed E-state index contributed by atoms with van der Waals surface area (Å²) in [6.07, 6.45) is 3.43. The van der Waals surface area contributed by atoms with Gasteiger partial charge in [-0.3, -0.25) is 0 Å². The van der Waals surface area contributed by atoms with Crippen LogP contribution in [0.2, 0.25) is 5.02 Å². The number of anilines is 1. The zero-order valence-electron chi connectivity index (χ0n) is 11.6. The van der Waals surface area contributed by atoms with E-state index < -0.39 is 0 Å². The van der Waals surface area contributed by atoms with Gasteiger partial charge >= 0.3 is 0 Å². The summed E-state index contributed by atoms with van der Waals surface area (Å²) in [7, 11) is 0. The molecule has 0 saturated carbocycles. The summed E-state index contributed by atoms with van der Waals surface area (Å²) >= 11 is 5.81. The van der Waals surface area contributed by atoms with Gasteiger partial charge in [0.05, 0.1) is 13.2 Å². The highest BCUT2D eigenvalue weighted by Crippen LogP contribution is 2.20. The molecule has 0 aliphatic carbocycles. The molecule has 2 aromatic rings. The number of nitrogen functional groups attached to an aromatic ring is 1. The summed E-state index contributed by atoms with van der Waals surface area (Å²) in [6.45, 7) is 1.23. The average Bonchev–Trinajstić information content (AvgIpc) is 2.53. The highest BCUT2D eigenvalue weighted by Gasteiger charge is 2.02. The van der Waals surface area contributed by atoms with Gasteiger partial charge in [0.1, 0.15) is 5.75 Å². The third-order valence-electron chi connectivity index (χ3n) is 2.79. The highest BCUT2D eigenvalue weighted by atomic mass is 35.5. The number of hydrazine groups is 1. The Morgan fingerprint density at radius 2 is 1.76 bits per heavy atom. The summed E-state index contributed by atoms with van der Waals surface area (Å²) in [5.41, 5.74) is 2.50. The molecule has 1 aromatic carbocycles. The fourth-order valence-electron chi connectivity index (χ4n) is 1.72. The lowest BCUT2D eigenvalue weighted by atomic mass is 10.3. The van der Waals surface area contributed by atoms with E-state index in [9.17, 15) is 0 Å². The van der Waals surface area contributed by atoms with Gasteiger partial charge in [0.25, 0.3) is 0 Å². The van der Waals surface area contributed by atoms with Gasteiger partial charge in [0.15, 0.2) is 11.6 Å². The Bertz CT molecular complexity index is 549. The number of hydrogen-bond donors (Lipinski definition) is 2. The van der Waals surface area contributed by atoms with Crippen molar-refractivity contribution in [3.63, 3.8) is 0 Å². The van der Waals surface area contributed by atoms with E-state index in [4.69, 9.17) is 26.9 Å². The molecule has 0 radical (unpaired) electrons. The van der Waals surface area contributed by atoms with Crippen LogP contribution in [0.5, 0.6) is 11.5 Å². The van der Waals surface area contributed by atoms with Gasteiger partial charge < -0.3 is 14.9 Å². The van der Waals surface area contributed by atoms with Crippen molar-refractivity contribution >= 4 is 17.4 Å². The smallest absolute Gasteiger partial charge is 0.182 e. The summed E-state index contributed by atoms with van der Waals surface area (Å²) < 4.78 is 11.2. The van der Waals surface area contributed by atoms with E-state index in [1.165, 1.54) is 0 Å². The van der Waals surface area contributed by atoms with E-state index in [1.807, 2.05) is 30.3 Å². The normalized spacial score (nSPS) is 10.2. The van der Waals surface area contributed by atoms with Crippen LogP contribution in [0.15, 0.2) is 42.6 Å². The molecule has 0 aliphatic rings. The van der Waals surface area contributed by atoms with Crippen LogP contribution in [-0.4, -0.2) is 18.2 Å². The van der Waals surface area contributed by atoms with Gasteiger partial charge in [0, 0.05) is 11.2 Å². The highest BCUT2D eigenvalue weighted by molar-refractivity contribution is 6.30. The van der Waals surface area contributed by atoms with Crippen molar-refractivity contribution in [1.82, 2.24) is 4.98 Å². The van der Waals surface area contributed by atoms with Crippen LogP contribution in [0.4, 0.5) is 5.82 Å². The molecule has 6 heteroatoms. The summed E-state index contributed by atoms with van der Waals surface area (Å²) in [5.74, 6) is 7.37. The van der Waals surface area contributed by atoms with Crippen LogP contribution in [0, 0.1) is 0 Å². The molecule has 0 aliphatic heterocycles. The summed E-state index contributed by atoms with van der Waals surface area (Å²) in [5, 5.41) is 0.705. The van der Waals surface area contributed by atoms with E-state index in [0.717, 1.165) is 18.6 Å². The Balaban J connectivity index is 1.63. The van der Waals surface area contributed by atoms with E-state index in [2.05, 4.69) is 10.4 Å². The fraction of sp³-hybridized carbons (Fsp3) is 0.267. The Labute approximate surface area is 129 Å². The van der Waals surface area contributed by atoms with Crippen LogP contribution < -0.4 is 20.7 Å². The first-order chi connectivity index (χ1) is 10.3. The number of rotatable bonds is 8. The quantitative estimate of drug-likeness (QED) is 0.445. The number of aromatic nitrogens is 1. The van der Waals surface area contributed by atoms with E-state index in [1.54, 1.807) is 12.3 Å². The van der Waals surface area contributed by atoms with Gasteiger partial charge in [-0.1, -0.05) is 11.6 Å². The van der Waals surface area contributed by atoms with Crippen molar-refractivity contribution < 1.29 is 9.47 Å². The zero-order chi connectivity index (χ0) is 14.9. The minimum Gasteiger partial charge on any atom is -0.494 e. The topological polar surface area (TPSA) is 69.4 Å². The predicted molar refractivity (Wildman–Crippen MR) is 83.7 cm³/mol. The lowest BCUT2D eigenvalue weighted by Crippen LogP contribution is -2.11. The molecule has 1 heterocycles. The van der Waals surface area contributed by atoms with Crippen molar-refractivity contribution in [2.75, 3.05) is 18.6 Å².